The van der Waals surface area contributed by atoms with Crippen LogP contribution in [0.3, 0.4) is 0 Å². The summed E-state index contributed by atoms with van der Waals surface area (Å²) in [7, 11) is 0. The van der Waals surface area contributed by atoms with Crippen molar-refractivity contribution < 1.29 is 4.74 Å². The molecule has 0 spiro atoms. The van der Waals surface area contributed by atoms with Gasteiger partial charge in [0.25, 0.3) is 0 Å². The fraction of sp³-hybridized carbons (Fsp3) is 0.455. The summed E-state index contributed by atoms with van der Waals surface area (Å²) in [6.45, 7) is 3.88. The second kappa shape index (κ2) is 4.43. The number of ether oxygens (including phenoxy) is 1. The molecule has 76 valence electrons. The van der Waals surface area contributed by atoms with E-state index in [9.17, 15) is 0 Å². The van der Waals surface area contributed by atoms with Crippen LogP contribution in [0.4, 0.5) is 0 Å². The minimum Gasteiger partial charge on any atom is -0.378 e. The molecule has 1 heterocycles. The van der Waals surface area contributed by atoms with Gasteiger partial charge in [0.15, 0.2) is 0 Å². The van der Waals surface area contributed by atoms with Crippen LogP contribution in [0.2, 0.25) is 0 Å². The van der Waals surface area contributed by atoms with Crippen molar-refractivity contribution in [3.8, 4) is 0 Å². The lowest BCUT2D eigenvalue weighted by atomic mass is 10.1. The molecule has 0 saturated carbocycles. The topological polar surface area (TPSA) is 21.3 Å². The van der Waals surface area contributed by atoms with Gasteiger partial charge in [0.2, 0.25) is 0 Å². The third-order valence-electron chi connectivity index (χ3n) is 2.49. The highest BCUT2D eigenvalue weighted by atomic mass is 79.9. The van der Waals surface area contributed by atoms with Crippen molar-refractivity contribution in [3.05, 3.63) is 34.3 Å². The summed E-state index contributed by atoms with van der Waals surface area (Å²) in [6, 6.07) is 9.36. The SMILES string of the molecule is C[C@H](NC1COC1)c1ccc(Br)cc1. The minimum absolute atomic E-state index is 0.400. The lowest BCUT2D eigenvalue weighted by Crippen LogP contribution is -2.46. The highest BCUT2D eigenvalue weighted by molar-refractivity contribution is 9.10. The van der Waals surface area contributed by atoms with Crippen LogP contribution in [0.25, 0.3) is 0 Å². The van der Waals surface area contributed by atoms with Crippen molar-refractivity contribution in [1.82, 2.24) is 5.32 Å². The molecule has 1 N–H and O–H groups in total. The Morgan fingerprint density at radius 3 is 2.50 bits per heavy atom. The summed E-state index contributed by atoms with van der Waals surface area (Å²) < 4.78 is 6.25. The summed E-state index contributed by atoms with van der Waals surface area (Å²) in [6.07, 6.45) is 0. The van der Waals surface area contributed by atoms with Gasteiger partial charge in [0.05, 0.1) is 19.3 Å². The molecule has 14 heavy (non-hydrogen) atoms. The number of rotatable bonds is 3. The third kappa shape index (κ3) is 2.35. The summed E-state index contributed by atoms with van der Waals surface area (Å²) >= 11 is 3.43. The molecular formula is C11H14BrNO. The van der Waals surface area contributed by atoms with E-state index in [1.165, 1.54) is 5.56 Å². The maximum Gasteiger partial charge on any atom is 0.0643 e. The summed E-state index contributed by atoms with van der Waals surface area (Å²) in [5, 5.41) is 3.51. The molecule has 1 aliphatic rings. The molecule has 1 atom stereocenters. The van der Waals surface area contributed by atoms with Crippen LogP contribution in [-0.2, 0) is 4.74 Å². The predicted molar refractivity (Wildman–Crippen MR) is 60.3 cm³/mol. The molecule has 1 saturated heterocycles. The second-order valence-electron chi connectivity index (χ2n) is 3.67. The van der Waals surface area contributed by atoms with Gasteiger partial charge in [-0.3, -0.25) is 0 Å². The van der Waals surface area contributed by atoms with E-state index >= 15 is 0 Å². The van der Waals surface area contributed by atoms with E-state index in [2.05, 4.69) is 52.4 Å². The Kier molecular flexibility index (Phi) is 3.21. The molecule has 3 heteroatoms. The number of nitrogens with one attached hydrogen (secondary N) is 1. The first-order valence-electron chi connectivity index (χ1n) is 4.85. The number of hydrogen-bond donors (Lipinski definition) is 1. The standard InChI is InChI=1S/C11H14BrNO/c1-8(13-11-6-14-7-11)9-2-4-10(12)5-3-9/h2-5,8,11,13H,6-7H2,1H3/t8-/m0/s1. The Hall–Kier alpha value is -0.380. The Labute approximate surface area is 92.8 Å². The number of halogens is 1. The Bertz CT molecular complexity index is 295. The zero-order chi connectivity index (χ0) is 9.97. The molecule has 2 rings (SSSR count). The monoisotopic (exact) mass is 255 g/mol. The second-order valence-corrected chi connectivity index (χ2v) is 4.59. The molecule has 2 nitrogen and oxygen atoms in total. The van der Waals surface area contributed by atoms with Crippen LogP contribution in [0.5, 0.6) is 0 Å². The zero-order valence-corrected chi connectivity index (χ0v) is 9.75. The van der Waals surface area contributed by atoms with Crippen LogP contribution in [-0.4, -0.2) is 19.3 Å². The van der Waals surface area contributed by atoms with Gasteiger partial charge in [-0.25, -0.2) is 0 Å². The quantitative estimate of drug-likeness (QED) is 0.897. The van der Waals surface area contributed by atoms with Crippen LogP contribution >= 0.6 is 15.9 Å². The Balaban J connectivity index is 1.95. The lowest BCUT2D eigenvalue weighted by molar-refractivity contribution is -0.00925. The molecule has 0 aliphatic carbocycles. The first-order chi connectivity index (χ1) is 6.75. The van der Waals surface area contributed by atoms with Crippen molar-refractivity contribution in [3.63, 3.8) is 0 Å². The van der Waals surface area contributed by atoms with Crippen LogP contribution in [0, 0.1) is 0 Å². The van der Waals surface area contributed by atoms with Crippen molar-refractivity contribution in [1.29, 1.82) is 0 Å². The van der Waals surface area contributed by atoms with E-state index in [4.69, 9.17) is 4.74 Å². The average molecular weight is 256 g/mol. The summed E-state index contributed by atoms with van der Waals surface area (Å²) in [4.78, 5) is 0. The largest absolute Gasteiger partial charge is 0.378 e. The maximum absolute atomic E-state index is 5.12. The molecule has 0 bridgehead atoms. The van der Waals surface area contributed by atoms with E-state index < -0.39 is 0 Å². The predicted octanol–water partition coefficient (Wildman–Crippen LogP) is 2.50. The normalized spacial score (nSPS) is 19.0. The third-order valence-corrected chi connectivity index (χ3v) is 3.02. The van der Waals surface area contributed by atoms with Gasteiger partial charge in [0, 0.05) is 10.5 Å². The minimum atomic E-state index is 0.400. The van der Waals surface area contributed by atoms with Crippen LogP contribution in [0.15, 0.2) is 28.7 Å². The molecule has 1 aromatic carbocycles. The highest BCUT2D eigenvalue weighted by Gasteiger charge is 2.20. The van der Waals surface area contributed by atoms with E-state index in [0.29, 0.717) is 12.1 Å². The first-order valence-corrected chi connectivity index (χ1v) is 5.64. The van der Waals surface area contributed by atoms with E-state index in [1.807, 2.05) is 0 Å². The van der Waals surface area contributed by atoms with E-state index in [1.54, 1.807) is 0 Å². The van der Waals surface area contributed by atoms with Gasteiger partial charge in [-0.2, -0.15) is 0 Å². The van der Waals surface area contributed by atoms with E-state index in [0.717, 1.165) is 17.7 Å². The van der Waals surface area contributed by atoms with Crippen molar-refractivity contribution >= 4 is 15.9 Å². The van der Waals surface area contributed by atoms with Crippen LogP contribution in [0.1, 0.15) is 18.5 Å². The number of benzene rings is 1. The van der Waals surface area contributed by atoms with E-state index in [-0.39, 0.29) is 0 Å². The van der Waals surface area contributed by atoms with Gasteiger partial charge in [0.1, 0.15) is 0 Å². The lowest BCUT2D eigenvalue weighted by Gasteiger charge is -2.30. The molecular weight excluding hydrogens is 242 g/mol. The molecule has 1 fully saturated rings. The fourth-order valence-corrected chi connectivity index (χ4v) is 1.80. The highest BCUT2D eigenvalue weighted by Crippen LogP contribution is 2.17. The molecule has 0 unspecified atom stereocenters. The molecule has 0 radical (unpaired) electrons. The molecule has 1 aromatic rings. The van der Waals surface area contributed by atoms with Gasteiger partial charge in [-0.1, -0.05) is 28.1 Å². The van der Waals surface area contributed by atoms with Crippen molar-refractivity contribution in [2.24, 2.45) is 0 Å². The number of hydrogen-bond acceptors (Lipinski definition) is 2. The fourth-order valence-electron chi connectivity index (χ4n) is 1.53. The summed E-state index contributed by atoms with van der Waals surface area (Å²) in [5.74, 6) is 0. The van der Waals surface area contributed by atoms with Crippen molar-refractivity contribution in [2.75, 3.05) is 13.2 Å². The Morgan fingerprint density at radius 2 is 2.00 bits per heavy atom. The van der Waals surface area contributed by atoms with Crippen LogP contribution < -0.4 is 5.32 Å². The molecule has 1 aliphatic heterocycles. The first kappa shape index (κ1) is 10.1. The van der Waals surface area contributed by atoms with Crippen molar-refractivity contribution in [2.45, 2.75) is 19.0 Å². The molecule has 0 aromatic heterocycles. The van der Waals surface area contributed by atoms with Gasteiger partial charge < -0.3 is 10.1 Å². The maximum atomic E-state index is 5.12. The average Bonchev–Trinajstić information content (AvgIpc) is 2.12. The van der Waals surface area contributed by atoms with Gasteiger partial charge >= 0.3 is 0 Å². The van der Waals surface area contributed by atoms with Gasteiger partial charge in [-0.05, 0) is 24.6 Å². The summed E-state index contributed by atoms with van der Waals surface area (Å²) in [5.41, 5.74) is 1.32. The smallest absolute Gasteiger partial charge is 0.0643 e. The zero-order valence-electron chi connectivity index (χ0n) is 8.16. The Morgan fingerprint density at radius 1 is 1.36 bits per heavy atom. The molecule has 0 amide bonds. The van der Waals surface area contributed by atoms with Gasteiger partial charge in [-0.15, -0.1) is 0 Å².